The minimum absolute atomic E-state index is 0. The number of fused-ring (bicyclic) bond motifs is 1. The number of hydrogen-bond donors (Lipinski definition) is 0. The summed E-state index contributed by atoms with van der Waals surface area (Å²) in [5.41, 5.74) is 1.81. The van der Waals surface area contributed by atoms with E-state index < -0.39 is 0 Å². The van der Waals surface area contributed by atoms with Crippen LogP contribution in [0.2, 0.25) is 0 Å². The van der Waals surface area contributed by atoms with Gasteiger partial charge < -0.3 is 5.11 Å². The van der Waals surface area contributed by atoms with E-state index in [0.29, 0.717) is 0 Å². The fourth-order valence-corrected chi connectivity index (χ4v) is 2.73. The predicted octanol–water partition coefficient (Wildman–Crippen LogP) is 2.08. The van der Waals surface area contributed by atoms with Gasteiger partial charge in [-0.3, -0.25) is 0 Å². The second-order valence-electron chi connectivity index (χ2n) is 3.55. The summed E-state index contributed by atoms with van der Waals surface area (Å²) >= 11 is 1.61. The molecule has 0 bridgehead atoms. The molecule has 1 aromatic heterocycles. The summed E-state index contributed by atoms with van der Waals surface area (Å²) in [6, 6.07) is 15.1. The molecule has 0 spiro atoms. The zero-order chi connectivity index (χ0) is 11.0. The summed E-state index contributed by atoms with van der Waals surface area (Å²) in [5.74, 6) is 0.0605. The summed E-state index contributed by atoms with van der Waals surface area (Å²) in [6.45, 7) is 0. The number of thiazole rings is 1. The number of rotatable bonds is 1. The Kier molecular flexibility index (Phi) is 3.66. The van der Waals surface area contributed by atoms with Crippen molar-refractivity contribution in [1.29, 1.82) is 0 Å². The zero-order valence-corrected chi connectivity index (χ0v) is 11.4. The van der Waals surface area contributed by atoms with Crippen LogP contribution in [0, 0.1) is 0 Å². The van der Waals surface area contributed by atoms with Crippen LogP contribution in [0.25, 0.3) is 20.8 Å². The van der Waals surface area contributed by atoms with Crippen molar-refractivity contribution >= 4 is 44.6 Å². The SMILES string of the molecule is [Mg+2].[O-]c1ccccc1-c1[nH+]c2ccccc2s1. The van der Waals surface area contributed by atoms with E-state index in [2.05, 4.69) is 4.98 Å². The van der Waals surface area contributed by atoms with Gasteiger partial charge in [-0.05, 0) is 12.1 Å². The summed E-state index contributed by atoms with van der Waals surface area (Å²) in [4.78, 5) is 3.27. The van der Waals surface area contributed by atoms with Crippen LogP contribution in [0.4, 0.5) is 0 Å². The molecular weight excluding hydrogens is 243 g/mol. The summed E-state index contributed by atoms with van der Waals surface area (Å²) in [6.07, 6.45) is 0. The van der Waals surface area contributed by atoms with Crippen LogP contribution < -0.4 is 10.1 Å². The fourth-order valence-electron chi connectivity index (χ4n) is 1.69. The van der Waals surface area contributed by atoms with Gasteiger partial charge in [0.2, 0.25) is 5.52 Å². The molecule has 0 unspecified atom stereocenters. The van der Waals surface area contributed by atoms with Gasteiger partial charge in [0, 0.05) is 11.6 Å². The molecule has 2 nitrogen and oxygen atoms in total. The van der Waals surface area contributed by atoms with E-state index in [4.69, 9.17) is 0 Å². The van der Waals surface area contributed by atoms with Gasteiger partial charge in [-0.2, -0.15) is 4.98 Å². The van der Waals surface area contributed by atoms with Gasteiger partial charge >= 0.3 is 23.1 Å². The first-order valence-corrected chi connectivity index (χ1v) is 5.83. The van der Waals surface area contributed by atoms with Crippen molar-refractivity contribution in [2.75, 3.05) is 0 Å². The number of benzene rings is 2. The van der Waals surface area contributed by atoms with Crippen molar-refractivity contribution in [3.8, 4) is 16.3 Å². The van der Waals surface area contributed by atoms with Crippen molar-refractivity contribution in [2.45, 2.75) is 0 Å². The monoisotopic (exact) mass is 251 g/mol. The molecule has 17 heavy (non-hydrogen) atoms. The number of aromatic nitrogens is 1. The van der Waals surface area contributed by atoms with Gasteiger partial charge in [0.1, 0.15) is 4.70 Å². The van der Waals surface area contributed by atoms with Crippen molar-refractivity contribution in [2.24, 2.45) is 0 Å². The molecule has 3 rings (SSSR count). The van der Waals surface area contributed by atoms with Crippen molar-refractivity contribution in [1.82, 2.24) is 0 Å². The van der Waals surface area contributed by atoms with Crippen LogP contribution in [-0.2, 0) is 0 Å². The maximum Gasteiger partial charge on any atom is 2.00 e. The number of hydrogen-bond acceptors (Lipinski definition) is 2. The van der Waals surface area contributed by atoms with Crippen LogP contribution in [-0.4, -0.2) is 23.1 Å². The summed E-state index contributed by atoms with van der Waals surface area (Å²) < 4.78 is 1.17. The largest absolute Gasteiger partial charge is 2.00 e. The van der Waals surface area contributed by atoms with Crippen LogP contribution in [0.15, 0.2) is 48.5 Å². The fraction of sp³-hybridized carbons (Fsp3) is 0. The van der Waals surface area contributed by atoms with Gasteiger partial charge in [0.25, 0.3) is 5.01 Å². The Morgan fingerprint density at radius 2 is 1.65 bits per heavy atom. The number of nitrogens with one attached hydrogen (secondary N) is 1. The average Bonchev–Trinajstić information content (AvgIpc) is 2.73. The van der Waals surface area contributed by atoms with E-state index in [0.717, 1.165) is 16.1 Å². The predicted molar refractivity (Wildman–Crippen MR) is 69.0 cm³/mol. The second kappa shape index (κ2) is 5.04. The molecule has 0 aliphatic rings. The van der Waals surface area contributed by atoms with E-state index in [1.165, 1.54) is 4.70 Å². The molecule has 2 aromatic carbocycles. The molecule has 0 amide bonds. The Hall–Kier alpha value is -1.10. The minimum Gasteiger partial charge on any atom is -0.872 e. The van der Waals surface area contributed by atoms with Crippen LogP contribution in [0.1, 0.15) is 0 Å². The average molecular weight is 252 g/mol. The van der Waals surface area contributed by atoms with Crippen molar-refractivity contribution in [3.63, 3.8) is 0 Å². The third kappa shape index (κ3) is 2.29. The van der Waals surface area contributed by atoms with E-state index >= 15 is 0 Å². The van der Waals surface area contributed by atoms with Gasteiger partial charge in [-0.25, -0.2) is 0 Å². The summed E-state index contributed by atoms with van der Waals surface area (Å²) in [7, 11) is 0. The Balaban J connectivity index is 0.00000108. The molecule has 0 atom stereocenters. The molecule has 0 fully saturated rings. The topological polar surface area (TPSA) is 37.2 Å². The molecule has 0 aliphatic heterocycles. The third-order valence-corrected chi connectivity index (χ3v) is 3.58. The van der Waals surface area contributed by atoms with E-state index in [9.17, 15) is 5.11 Å². The molecule has 0 radical (unpaired) electrons. The summed E-state index contributed by atoms with van der Waals surface area (Å²) in [5, 5.41) is 12.6. The number of para-hydroxylation sites is 2. The number of aromatic amines is 1. The van der Waals surface area contributed by atoms with Gasteiger partial charge in [-0.15, -0.1) is 0 Å². The Labute approximate surface area is 119 Å². The normalized spacial score (nSPS) is 10.1. The Morgan fingerprint density at radius 1 is 0.941 bits per heavy atom. The number of H-pyrrole nitrogens is 1. The first kappa shape index (κ1) is 12.4. The smallest absolute Gasteiger partial charge is 0.872 e. The molecule has 1 heterocycles. The van der Waals surface area contributed by atoms with Crippen LogP contribution in [0.5, 0.6) is 5.75 Å². The minimum atomic E-state index is 0. The van der Waals surface area contributed by atoms with Crippen LogP contribution in [0.3, 0.4) is 0 Å². The van der Waals surface area contributed by atoms with E-state index in [1.807, 2.05) is 36.4 Å². The van der Waals surface area contributed by atoms with Gasteiger partial charge in [0.05, 0.1) is 0 Å². The maximum absolute atomic E-state index is 11.7. The molecule has 3 aromatic rings. The molecule has 0 saturated heterocycles. The van der Waals surface area contributed by atoms with Crippen molar-refractivity contribution < 1.29 is 10.1 Å². The van der Waals surface area contributed by atoms with Crippen molar-refractivity contribution in [3.05, 3.63) is 48.5 Å². The second-order valence-corrected chi connectivity index (χ2v) is 4.60. The first-order valence-electron chi connectivity index (χ1n) is 5.02. The Morgan fingerprint density at radius 3 is 2.41 bits per heavy atom. The molecule has 0 aliphatic carbocycles. The third-order valence-electron chi connectivity index (χ3n) is 2.48. The molecule has 1 N–H and O–H groups in total. The maximum atomic E-state index is 11.7. The van der Waals surface area contributed by atoms with Gasteiger partial charge in [-0.1, -0.05) is 47.4 Å². The van der Waals surface area contributed by atoms with Crippen LogP contribution >= 0.6 is 11.3 Å². The van der Waals surface area contributed by atoms with E-state index in [-0.39, 0.29) is 28.8 Å². The zero-order valence-electron chi connectivity index (χ0n) is 9.14. The molecule has 78 valence electrons. The first-order chi connectivity index (χ1) is 7.84. The standard InChI is InChI=1S/C13H9NOS.Mg/c15-11-7-3-1-5-9(11)13-14-10-6-2-4-8-12(10)16-13;/h1-8,15H;/q;+2. The molecule has 0 saturated carbocycles. The molecule has 4 heteroatoms. The quantitative estimate of drug-likeness (QED) is 0.610. The molecular formula is C13H9MgNOS+2. The Bertz CT molecular complexity index is 617. The van der Waals surface area contributed by atoms with Gasteiger partial charge in [0.15, 0.2) is 0 Å². The van der Waals surface area contributed by atoms with E-state index in [1.54, 1.807) is 23.5 Å².